The van der Waals surface area contributed by atoms with Crippen molar-refractivity contribution in [3.63, 3.8) is 0 Å². The van der Waals surface area contributed by atoms with Gasteiger partial charge in [-0.2, -0.15) is 0 Å². The molecule has 0 radical (unpaired) electrons. The number of hydrogen-bond donors (Lipinski definition) is 2. The average Bonchev–Trinajstić information content (AvgIpc) is 2.47. The summed E-state index contributed by atoms with van der Waals surface area (Å²) in [4.78, 5) is 9.71. The van der Waals surface area contributed by atoms with Crippen molar-refractivity contribution in [2.24, 2.45) is 11.7 Å². The van der Waals surface area contributed by atoms with Gasteiger partial charge in [-0.3, -0.25) is 4.57 Å². The molecule has 0 aromatic rings. The van der Waals surface area contributed by atoms with Gasteiger partial charge in [0.1, 0.15) is 0 Å². The Hall–Kier alpha value is 0.150. The van der Waals surface area contributed by atoms with E-state index >= 15 is 0 Å². The van der Waals surface area contributed by atoms with Crippen molar-refractivity contribution in [3.8, 4) is 0 Å². The fraction of sp³-hybridized carbons (Fsp3) is 1.00. The summed E-state index contributed by atoms with van der Waals surface area (Å²) in [6, 6.07) is 0.270. The lowest BCUT2D eigenvalue weighted by molar-refractivity contribution is 0.457. The Kier molecular flexibility index (Phi) is 4.62. The fourth-order valence-electron chi connectivity index (χ4n) is 2.18. The van der Waals surface area contributed by atoms with Crippen molar-refractivity contribution in [1.82, 2.24) is 0 Å². The summed E-state index contributed by atoms with van der Waals surface area (Å²) in [5, 5.41) is 0. The van der Waals surface area contributed by atoms with Crippen LogP contribution in [0, 0.1) is 5.92 Å². The summed E-state index contributed by atoms with van der Waals surface area (Å²) >= 11 is 0. The maximum atomic E-state index is 11.8. The Balaban J connectivity index is 2.31. The topological polar surface area (TPSA) is 63.3 Å². The molecular weight excluding hydrogens is 197 g/mol. The highest BCUT2D eigenvalue weighted by Gasteiger charge is 2.28. The van der Waals surface area contributed by atoms with E-state index in [2.05, 4.69) is 0 Å². The molecule has 0 aromatic heterocycles. The number of nitrogens with two attached hydrogens (primary N) is 1. The predicted molar refractivity (Wildman–Crippen MR) is 59.8 cm³/mol. The van der Waals surface area contributed by atoms with E-state index in [0.29, 0.717) is 18.2 Å². The van der Waals surface area contributed by atoms with E-state index in [1.165, 1.54) is 0 Å². The highest BCUT2D eigenvalue weighted by Crippen LogP contribution is 2.46. The van der Waals surface area contributed by atoms with Crippen LogP contribution in [0.3, 0.4) is 0 Å². The number of unbranched alkanes of at least 4 members (excludes halogenated alkanes) is 1. The molecule has 0 aromatic carbocycles. The van der Waals surface area contributed by atoms with E-state index in [4.69, 9.17) is 5.73 Å². The molecule has 14 heavy (non-hydrogen) atoms. The van der Waals surface area contributed by atoms with Crippen LogP contribution in [0.2, 0.25) is 0 Å². The van der Waals surface area contributed by atoms with Gasteiger partial charge < -0.3 is 10.6 Å². The number of rotatable bonds is 5. The van der Waals surface area contributed by atoms with Crippen molar-refractivity contribution in [1.29, 1.82) is 0 Å². The van der Waals surface area contributed by atoms with Crippen molar-refractivity contribution in [2.45, 2.75) is 45.1 Å². The molecule has 3 atom stereocenters. The lowest BCUT2D eigenvalue weighted by Gasteiger charge is -2.15. The summed E-state index contributed by atoms with van der Waals surface area (Å²) in [6.45, 7) is 2.05. The zero-order chi connectivity index (χ0) is 10.6. The summed E-state index contributed by atoms with van der Waals surface area (Å²) in [5.74, 6) is 0.401. The first-order valence-electron chi connectivity index (χ1n) is 5.60. The highest BCUT2D eigenvalue weighted by molar-refractivity contribution is 7.57. The molecule has 0 spiro atoms. The minimum Gasteiger partial charge on any atom is -0.344 e. The maximum absolute atomic E-state index is 11.8. The molecule has 1 aliphatic rings. The van der Waals surface area contributed by atoms with E-state index in [0.717, 1.165) is 32.1 Å². The quantitative estimate of drug-likeness (QED) is 0.696. The SMILES string of the molecule is CCCCP(=O)(O)C[C@H]1CC[C@@H](N)C1. The van der Waals surface area contributed by atoms with Crippen LogP contribution in [0.15, 0.2) is 0 Å². The van der Waals surface area contributed by atoms with Crippen molar-refractivity contribution < 1.29 is 9.46 Å². The molecule has 0 amide bonds. The lowest BCUT2D eigenvalue weighted by Crippen LogP contribution is -2.15. The van der Waals surface area contributed by atoms with Crippen LogP contribution >= 0.6 is 7.37 Å². The van der Waals surface area contributed by atoms with Gasteiger partial charge in [-0.05, 0) is 31.6 Å². The van der Waals surface area contributed by atoms with Crippen LogP contribution < -0.4 is 5.73 Å². The molecule has 1 aliphatic carbocycles. The molecule has 3 nitrogen and oxygen atoms in total. The molecule has 0 heterocycles. The Morgan fingerprint density at radius 1 is 1.50 bits per heavy atom. The highest BCUT2D eigenvalue weighted by atomic mass is 31.2. The molecule has 4 heteroatoms. The normalized spacial score (nSPS) is 31.6. The predicted octanol–water partition coefficient (Wildman–Crippen LogP) is 2.18. The molecule has 84 valence electrons. The van der Waals surface area contributed by atoms with Crippen molar-refractivity contribution >= 4 is 7.37 Å². The summed E-state index contributed by atoms with van der Waals surface area (Å²) in [6.07, 6.45) is 5.87. The molecule has 3 N–H and O–H groups in total. The van der Waals surface area contributed by atoms with Gasteiger partial charge in [0.15, 0.2) is 0 Å². The third-order valence-electron chi connectivity index (χ3n) is 2.99. The van der Waals surface area contributed by atoms with Gasteiger partial charge >= 0.3 is 0 Å². The summed E-state index contributed by atoms with van der Waals surface area (Å²) in [7, 11) is -2.84. The Bertz CT molecular complexity index is 220. The minimum atomic E-state index is -2.84. The van der Waals surface area contributed by atoms with E-state index in [-0.39, 0.29) is 6.04 Å². The Morgan fingerprint density at radius 2 is 2.21 bits per heavy atom. The van der Waals surface area contributed by atoms with Gasteiger partial charge in [-0.25, -0.2) is 0 Å². The second-order valence-corrected chi connectivity index (χ2v) is 7.05. The smallest absolute Gasteiger partial charge is 0.200 e. The molecule has 1 unspecified atom stereocenters. The third kappa shape index (κ3) is 4.12. The van der Waals surface area contributed by atoms with Crippen molar-refractivity contribution in [2.75, 3.05) is 12.3 Å². The molecule has 1 rings (SSSR count). The Labute approximate surface area is 86.5 Å². The average molecular weight is 219 g/mol. The van der Waals surface area contributed by atoms with Gasteiger partial charge in [0.25, 0.3) is 0 Å². The van der Waals surface area contributed by atoms with Crippen LogP contribution in [-0.2, 0) is 4.57 Å². The first-order chi connectivity index (χ1) is 6.53. The van der Waals surface area contributed by atoms with Crippen LogP contribution in [0.4, 0.5) is 0 Å². The molecule has 1 fully saturated rings. The lowest BCUT2D eigenvalue weighted by atomic mass is 10.1. The van der Waals surface area contributed by atoms with E-state index in [1.807, 2.05) is 6.92 Å². The van der Waals surface area contributed by atoms with Crippen LogP contribution in [0.5, 0.6) is 0 Å². The number of hydrogen-bond acceptors (Lipinski definition) is 2. The van der Waals surface area contributed by atoms with Gasteiger partial charge in [0.2, 0.25) is 7.37 Å². The first kappa shape index (κ1) is 12.2. The van der Waals surface area contributed by atoms with E-state index in [1.54, 1.807) is 0 Å². The van der Waals surface area contributed by atoms with Crippen LogP contribution in [-0.4, -0.2) is 23.3 Å². The zero-order valence-electron chi connectivity index (χ0n) is 8.98. The van der Waals surface area contributed by atoms with Gasteiger partial charge in [-0.1, -0.05) is 13.3 Å². The molecular formula is C10H22NO2P. The zero-order valence-corrected chi connectivity index (χ0v) is 9.88. The standard InChI is InChI=1S/C10H22NO2P/c1-2-3-6-14(12,13)8-9-4-5-10(11)7-9/h9-10H,2-8,11H2,1H3,(H,12,13)/t9-,10+/m0/s1. The van der Waals surface area contributed by atoms with Crippen LogP contribution in [0.1, 0.15) is 39.0 Å². The molecule has 0 aliphatic heterocycles. The Morgan fingerprint density at radius 3 is 2.71 bits per heavy atom. The fourth-order valence-corrected chi connectivity index (χ4v) is 4.31. The van der Waals surface area contributed by atoms with Gasteiger partial charge in [0.05, 0.1) is 0 Å². The van der Waals surface area contributed by atoms with Crippen molar-refractivity contribution in [3.05, 3.63) is 0 Å². The minimum absolute atomic E-state index is 0.270. The monoisotopic (exact) mass is 219 g/mol. The summed E-state index contributed by atoms with van der Waals surface area (Å²) in [5.41, 5.74) is 5.77. The molecule has 1 saturated carbocycles. The largest absolute Gasteiger partial charge is 0.344 e. The third-order valence-corrected chi connectivity index (χ3v) is 5.09. The second kappa shape index (κ2) is 5.29. The molecule has 0 bridgehead atoms. The second-order valence-electron chi connectivity index (χ2n) is 4.55. The maximum Gasteiger partial charge on any atom is 0.200 e. The molecule has 0 saturated heterocycles. The van der Waals surface area contributed by atoms with Gasteiger partial charge in [0, 0.05) is 18.4 Å². The van der Waals surface area contributed by atoms with Gasteiger partial charge in [-0.15, -0.1) is 0 Å². The van der Waals surface area contributed by atoms with Crippen LogP contribution in [0.25, 0.3) is 0 Å². The van der Waals surface area contributed by atoms with E-state index < -0.39 is 7.37 Å². The van der Waals surface area contributed by atoms with E-state index in [9.17, 15) is 9.46 Å². The first-order valence-corrected chi connectivity index (χ1v) is 7.63. The summed E-state index contributed by atoms with van der Waals surface area (Å²) < 4.78 is 11.8.